The fourth-order valence-corrected chi connectivity index (χ4v) is 4.02. The number of amides is 1. The summed E-state index contributed by atoms with van der Waals surface area (Å²) < 4.78 is 6.17. The van der Waals surface area contributed by atoms with E-state index >= 15 is 0 Å². The van der Waals surface area contributed by atoms with Crippen LogP contribution < -0.4 is 5.32 Å². The fourth-order valence-electron chi connectivity index (χ4n) is 4.02. The number of rotatable bonds is 0. The zero-order valence-electron chi connectivity index (χ0n) is 11.2. The fraction of sp³-hybridized carbons (Fsp3) is 0.923. The van der Waals surface area contributed by atoms with E-state index < -0.39 is 0 Å². The van der Waals surface area contributed by atoms with E-state index in [4.69, 9.17) is 4.74 Å². The van der Waals surface area contributed by atoms with Gasteiger partial charge in [0.15, 0.2) is 0 Å². The van der Waals surface area contributed by atoms with Crippen molar-refractivity contribution in [2.45, 2.75) is 71.1 Å². The minimum absolute atomic E-state index is 0.0966. The molecular formula is C13H23NO2. The van der Waals surface area contributed by atoms with Crippen LogP contribution in [0.2, 0.25) is 0 Å². The highest BCUT2D eigenvalue weighted by Crippen LogP contribution is 2.60. The summed E-state index contributed by atoms with van der Waals surface area (Å²) in [6.45, 7) is 12.7. The van der Waals surface area contributed by atoms with E-state index in [1.807, 2.05) is 0 Å². The monoisotopic (exact) mass is 225 g/mol. The molecule has 1 spiro atoms. The van der Waals surface area contributed by atoms with Gasteiger partial charge in [0.1, 0.15) is 0 Å². The molecule has 2 rings (SSSR count). The van der Waals surface area contributed by atoms with Crippen LogP contribution in [0, 0.1) is 5.41 Å². The number of carbonyl (C=O) groups is 1. The summed E-state index contributed by atoms with van der Waals surface area (Å²) in [5, 5.41) is 3.10. The van der Waals surface area contributed by atoms with Crippen LogP contribution in [-0.2, 0) is 9.53 Å². The molecule has 16 heavy (non-hydrogen) atoms. The Bertz CT molecular complexity index is 344. The average Bonchev–Trinajstić information content (AvgIpc) is 2.27. The number of ether oxygens (including phenoxy) is 1. The van der Waals surface area contributed by atoms with E-state index in [-0.39, 0.29) is 28.1 Å². The molecule has 3 heteroatoms. The first-order valence-corrected chi connectivity index (χ1v) is 6.03. The van der Waals surface area contributed by atoms with Crippen LogP contribution in [0.15, 0.2) is 0 Å². The highest BCUT2D eigenvalue weighted by atomic mass is 16.5. The van der Waals surface area contributed by atoms with E-state index in [9.17, 15) is 4.79 Å². The van der Waals surface area contributed by atoms with Crippen LogP contribution >= 0.6 is 0 Å². The highest BCUT2D eigenvalue weighted by molar-refractivity contribution is 5.81. The smallest absolute Gasteiger partial charge is 0.221 e. The molecule has 2 heterocycles. The topological polar surface area (TPSA) is 38.3 Å². The van der Waals surface area contributed by atoms with Crippen molar-refractivity contribution >= 4 is 5.91 Å². The van der Waals surface area contributed by atoms with Crippen molar-refractivity contribution < 1.29 is 9.53 Å². The molecule has 3 nitrogen and oxygen atoms in total. The summed E-state index contributed by atoms with van der Waals surface area (Å²) in [6, 6.07) is 0. The van der Waals surface area contributed by atoms with Crippen molar-refractivity contribution in [3.63, 3.8) is 0 Å². The standard InChI is InChI=1S/C13H23NO2/c1-10(2)8-13(12(5,6)16-10)7-9(15)14-11(13,3)4/h7-8H2,1-6H3,(H,14,15). The van der Waals surface area contributed by atoms with E-state index in [2.05, 4.69) is 46.9 Å². The lowest BCUT2D eigenvalue weighted by Gasteiger charge is -2.45. The first kappa shape index (κ1) is 11.9. The molecule has 2 aliphatic rings. The van der Waals surface area contributed by atoms with Gasteiger partial charge < -0.3 is 10.1 Å². The Balaban J connectivity index is 2.49. The molecule has 0 aromatic carbocycles. The van der Waals surface area contributed by atoms with Gasteiger partial charge in [-0.25, -0.2) is 0 Å². The second-order valence-corrected chi connectivity index (χ2v) is 6.98. The summed E-state index contributed by atoms with van der Waals surface area (Å²) in [6.07, 6.45) is 1.51. The minimum atomic E-state index is -0.265. The van der Waals surface area contributed by atoms with Crippen molar-refractivity contribution in [2.24, 2.45) is 5.41 Å². The van der Waals surface area contributed by atoms with Crippen LogP contribution in [0.5, 0.6) is 0 Å². The number of hydrogen-bond acceptors (Lipinski definition) is 2. The second kappa shape index (κ2) is 2.81. The summed E-state index contributed by atoms with van der Waals surface area (Å²) in [5.74, 6) is 0.152. The number of carbonyl (C=O) groups excluding carboxylic acids is 1. The lowest BCUT2D eigenvalue weighted by atomic mass is 9.61. The maximum Gasteiger partial charge on any atom is 0.221 e. The van der Waals surface area contributed by atoms with Gasteiger partial charge in [-0.05, 0) is 48.0 Å². The van der Waals surface area contributed by atoms with Gasteiger partial charge in [-0.1, -0.05) is 0 Å². The summed E-state index contributed by atoms with van der Waals surface area (Å²) in [7, 11) is 0. The molecule has 1 N–H and O–H groups in total. The third-order valence-electron chi connectivity index (χ3n) is 4.52. The van der Waals surface area contributed by atoms with Gasteiger partial charge >= 0.3 is 0 Å². The Kier molecular flexibility index (Phi) is 2.09. The van der Waals surface area contributed by atoms with Gasteiger partial charge in [-0.3, -0.25) is 4.79 Å². The molecule has 0 aromatic rings. The van der Waals surface area contributed by atoms with Gasteiger partial charge in [-0.2, -0.15) is 0 Å². The zero-order chi connectivity index (χ0) is 12.4. The molecule has 0 radical (unpaired) electrons. The van der Waals surface area contributed by atoms with Crippen LogP contribution in [0.3, 0.4) is 0 Å². The SMILES string of the molecule is CC1(C)CC2(CC(=O)NC2(C)C)C(C)(C)O1. The average molecular weight is 225 g/mol. The Morgan fingerprint density at radius 1 is 1.12 bits per heavy atom. The van der Waals surface area contributed by atoms with Gasteiger partial charge in [-0.15, -0.1) is 0 Å². The molecular weight excluding hydrogens is 202 g/mol. The Labute approximate surface area is 97.9 Å². The molecule has 2 aliphatic heterocycles. The predicted octanol–water partition coefficient (Wildman–Crippen LogP) is 2.25. The largest absolute Gasteiger partial charge is 0.369 e. The molecule has 0 bridgehead atoms. The predicted molar refractivity (Wildman–Crippen MR) is 63.1 cm³/mol. The van der Waals surface area contributed by atoms with Crippen molar-refractivity contribution in [1.82, 2.24) is 5.32 Å². The Morgan fingerprint density at radius 2 is 1.69 bits per heavy atom. The normalized spacial score (nSPS) is 39.0. The van der Waals surface area contributed by atoms with E-state index in [0.29, 0.717) is 6.42 Å². The first-order valence-electron chi connectivity index (χ1n) is 6.03. The van der Waals surface area contributed by atoms with Crippen LogP contribution in [0.1, 0.15) is 54.4 Å². The Hall–Kier alpha value is -0.570. The van der Waals surface area contributed by atoms with Crippen LogP contribution in [-0.4, -0.2) is 22.6 Å². The van der Waals surface area contributed by atoms with Crippen LogP contribution in [0.4, 0.5) is 0 Å². The summed E-state index contributed by atoms with van der Waals surface area (Å²) in [4.78, 5) is 11.8. The molecule has 2 saturated heterocycles. The van der Waals surface area contributed by atoms with Crippen LogP contribution in [0.25, 0.3) is 0 Å². The van der Waals surface area contributed by atoms with E-state index in [1.165, 1.54) is 0 Å². The molecule has 92 valence electrons. The van der Waals surface area contributed by atoms with E-state index in [0.717, 1.165) is 6.42 Å². The van der Waals surface area contributed by atoms with Gasteiger partial charge in [0.05, 0.1) is 11.2 Å². The maximum atomic E-state index is 11.8. The zero-order valence-corrected chi connectivity index (χ0v) is 11.2. The minimum Gasteiger partial charge on any atom is -0.369 e. The lowest BCUT2D eigenvalue weighted by molar-refractivity contribution is -0.121. The molecule has 0 aliphatic carbocycles. The van der Waals surface area contributed by atoms with Gasteiger partial charge in [0.25, 0.3) is 0 Å². The van der Waals surface area contributed by atoms with Crippen molar-refractivity contribution in [3.05, 3.63) is 0 Å². The highest BCUT2D eigenvalue weighted by Gasteiger charge is 2.67. The molecule has 1 amide bonds. The molecule has 1 unspecified atom stereocenters. The first-order chi connectivity index (χ1) is 7.02. The summed E-state index contributed by atoms with van der Waals surface area (Å²) in [5.41, 5.74) is -0.700. The van der Waals surface area contributed by atoms with E-state index in [1.54, 1.807) is 0 Å². The lowest BCUT2D eigenvalue weighted by Crippen LogP contribution is -2.55. The third-order valence-corrected chi connectivity index (χ3v) is 4.52. The molecule has 1 atom stereocenters. The molecule has 0 saturated carbocycles. The van der Waals surface area contributed by atoms with Crippen molar-refractivity contribution in [2.75, 3.05) is 0 Å². The maximum absolute atomic E-state index is 11.8. The van der Waals surface area contributed by atoms with Gasteiger partial charge in [0, 0.05) is 17.4 Å². The van der Waals surface area contributed by atoms with Crippen molar-refractivity contribution in [3.8, 4) is 0 Å². The summed E-state index contributed by atoms with van der Waals surface area (Å²) >= 11 is 0. The van der Waals surface area contributed by atoms with Crippen molar-refractivity contribution in [1.29, 1.82) is 0 Å². The van der Waals surface area contributed by atoms with Gasteiger partial charge in [0.2, 0.25) is 5.91 Å². The number of hydrogen-bond donors (Lipinski definition) is 1. The molecule has 0 aromatic heterocycles. The number of nitrogens with one attached hydrogen (secondary N) is 1. The Morgan fingerprint density at radius 3 is 2.00 bits per heavy atom. The molecule has 2 fully saturated rings. The second-order valence-electron chi connectivity index (χ2n) is 6.98. The quantitative estimate of drug-likeness (QED) is 0.686. The third kappa shape index (κ3) is 1.33.